The SMILES string of the molecule is Cc1cc(S(=O)(=O)N2CCCN(C)CC2C)ccc1CN. The van der Waals surface area contributed by atoms with Crippen LogP contribution in [0.2, 0.25) is 0 Å². The lowest BCUT2D eigenvalue weighted by Crippen LogP contribution is -2.41. The first kappa shape index (κ1) is 16.4. The number of nitrogens with zero attached hydrogens (tertiary/aromatic N) is 2. The van der Waals surface area contributed by atoms with Crippen LogP contribution in [0.5, 0.6) is 0 Å². The molecule has 0 aromatic heterocycles. The first-order valence-corrected chi connectivity index (χ1v) is 8.80. The number of nitrogens with two attached hydrogens (primary N) is 1. The summed E-state index contributed by atoms with van der Waals surface area (Å²) in [4.78, 5) is 2.55. The van der Waals surface area contributed by atoms with Crippen LogP contribution >= 0.6 is 0 Å². The maximum absolute atomic E-state index is 12.9. The number of rotatable bonds is 3. The zero-order valence-electron chi connectivity index (χ0n) is 13.0. The number of hydrogen-bond acceptors (Lipinski definition) is 4. The molecule has 0 bridgehead atoms. The van der Waals surface area contributed by atoms with Crippen LogP contribution in [-0.4, -0.2) is 50.3 Å². The number of sulfonamides is 1. The van der Waals surface area contributed by atoms with E-state index in [1.165, 1.54) is 0 Å². The highest BCUT2D eigenvalue weighted by Crippen LogP contribution is 2.23. The standard InChI is InChI=1S/C15H25N3O2S/c1-12-9-15(6-5-14(12)10-16)21(19,20)18-8-4-7-17(3)11-13(18)2/h5-6,9,13H,4,7-8,10-11,16H2,1-3H3. The summed E-state index contributed by atoms with van der Waals surface area (Å²) in [7, 11) is -1.41. The molecule has 5 nitrogen and oxygen atoms in total. The second-order valence-corrected chi connectivity index (χ2v) is 7.76. The van der Waals surface area contributed by atoms with Crippen molar-refractivity contribution in [3.63, 3.8) is 0 Å². The van der Waals surface area contributed by atoms with Crippen LogP contribution in [-0.2, 0) is 16.6 Å². The minimum Gasteiger partial charge on any atom is -0.326 e. The zero-order chi connectivity index (χ0) is 15.6. The molecule has 21 heavy (non-hydrogen) atoms. The van der Waals surface area contributed by atoms with Crippen molar-refractivity contribution in [2.75, 3.05) is 26.7 Å². The van der Waals surface area contributed by atoms with Gasteiger partial charge in [0.05, 0.1) is 4.90 Å². The van der Waals surface area contributed by atoms with Crippen LogP contribution in [0, 0.1) is 6.92 Å². The van der Waals surface area contributed by atoms with Gasteiger partial charge in [-0.1, -0.05) is 6.07 Å². The Hall–Kier alpha value is -0.950. The Kier molecular flexibility index (Phi) is 5.03. The van der Waals surface area contributed by atoms with Crippen molar-refractivity contribution in [3.8, 4) is 0 Å². The molecule has 0 radical (unpaired) electrons. The van der Waals surface area contributed by atoms with E-state index in [4.69, 9.17) is 5.73 Å². The summed E-state index contributed by atoms with van der Waals surface area (Å²) in [6, 6.07) is 5.21. The molecule has 1 aliphatic heterocycles. The van der Waals surface area contributed by atoms with Gasteiger partial charge >= 0.3 is 0 Å². The fraction of sp³-hybridized carbons (Fsp3) is 0.600. The van der Waals surface area contributed by atoms with Crippen LogP contribution in [0.15, 0.2) is 23.1 Å². The Morgan fingerprint density at radius 3 is 2.67 bits per heavy atom. The molecule has 1 unspecified atom stereocenters. The van der Waals surface area contributed by atoms with Gasteiger partial charge < -0.3 is 10.6 Å². The highest BCUT2D eigenvalue weighted by molar-refractivity contribution is 7.89. The van der Waals surface area contributed by atoms with Crippen molar-refractivity contribution in [1.82, 2.24) is 9.21 Å². The first-order valence-electron chi connectivity index (χ1n) is 7.36. The van der Waals surface area contributed by atoms with E-state index >= 15 is 0 Å². The van der Waals surface area contributed by atoms with Crippen molar-refractivity contribution in [3.05, 3.63) is 29.3 Å². The van der Waals surface area contributed by atoms with E-state index in [0.717, 1.165) is 30.6 Å². The molecule has 1 aliphatic rings. The predicted molar refractivity (Wildman–Crippen MR) is 84.5 cm³/mol. The highest BCUT2D eigenvalue weighted by atomic mass is 32.2. The van der Waals surface area contributed by atoms with Gasteiger partial charge in [0.15, 0.2) is 0 Å². The number of aryl methyl sites for hydroxylation is 1. The predicted octanol–water partition coefficient (Wildman–Crippen LogP) is 1.17. The van der Waals surface area contributed by atoms with Gasteiger partial charge in [-0.2, -0.15) is 4.31 Å². The normalized spacial score (nSPS) is 22.2. The third-order valence-corrected chi connectivity index (χ3v) is 6.14. The second kappa shape index (κ2) is 6.44. The lowest BCUT2D eigenvalue weighted by atomic mass is 10.1. The van der Waals surface area contributed by atoms with Crippen molar-refractivity contribution < 1.29 is 8.42 Å². The fourth-order valence-corrected chi connectivity index (χ4v) is 4.65. The molecule has 2 rings (SSSR count). The average molecular weight is 311 g/mol. The van der Waals surface area contributed by atoms with Gasteiger partial charge in [0.25, 0.3) is 0 Å². The average Bonchev–Trinajstić information content (AvgIpc) is 2.59. The minimum atomic E-state index is -3.44. The maximum Gasteiger partial charge on any atom is 0.243 e. The van der Waals surface area contributed by atoms with E-state index < -0.39 is 10.0 Å². The van der Waals surface area contributed by atoms with Crippen molar-refractivity contribution in [2.24, 2.45) is 5.73 Å². The van der Waals surface area contributed by atoms with Gasteiger partial charge in [0, 0.05) is 25.7 Å². The first-order chi connectivity index (χ1) is 9.86. The van der Waals surface area contributed by atoms with E-state index in [-0.39, 0.29) is 6.04 Å². The van der Waals surface area contributed by atoms with Crippen molar-refractivity contribution in [1.29, 1.82) is 0 Å². The third kappa shape index (κ3) is 3.45. The van der Waals surface area contributed by atoms with Crippen LogP contribution in [0.4, 0.5) is 0 Å². The summed E-state index contributed by atoms with van der Waals surface area (Å²) in [6.07, 6.45) is 0.861. The molecule has 0 saturated carbocycles. The number of likely N-dealkylation sites (N-methyl/N-ethyl adjacent to an activating group) is 1. The summed E-state index contributed by atoms with van der Waals surface area (Å²) >= 11 is 0. The van der Waals surface area contributed by atoms with Crippen LogP contribution in [0.25, 0.3) is 0 Å². The summed E-state index contributed by atoms with van der Waals surface area (Å²) in [5.41, 5.74) is 7.56. The molecular weight excluding hydrogens is 286 g/mol. The van der Waals surface area contributed by atoms with Crippen LogP contribution < -0.4 is 5.73 Å². The lowest BCUT2D eigenvalue weighted by molar-refractivity contribution is 0.290. The molecule has 118 valence electrons. The van der Waals surface area contributed by atoms with E-state index in [2.05, 4.69) is 4.90 Å². The molecule has 1 saturated heterocycles. The molecule has 0 spiro atoms. The van der Waals surface area contributed by atoms with E-state index in [1.54, 1.807) is 16.4 Å². The van der Waals surface area contributed by atoms with Gasteiger partial charge in [-0.05, 0) is 57.1 Å². The molecule has 0 aliphatic carbocycles. The molecule has 2 N–H and O–H groups in total. The quantitative estimate of drug-likeness (QED) is 0.910. The van der Waals surface area contributed by atoms with Crippen molar-refractivity contribution >= 4 is 10.0 Å². The third-order valence-electron chi connectivity index (χ3n) is 4.13. The van der Waals surface area contributed by atoms with Gasteiger partial charge in [0.1, 0.15) is 0 Å². The van der Waals surface area contributed by atoms with E-state index in [9.17, 15) is 8.42 Å². The molecule has 1 atom stereocenters. The highest BCUT2D eigenvalue weighted by Gasteiger charge is 2.31. The molecule has 6 heteroatoms. The van der Waals surface area contributed by atoms with Gasteiger partial charge in [-0.3, -0.25) is 0 Å². The monoisotopic (exact) mass is 311 g/mol. The molecule has 0 amide bonds. The topological polar surface area (TPSA) is 66.6 Å². The maximum atomic E-state index is 12.9. The Balaban J connectivity index is 2.34. The summed E-state index contributed by atoms with van der Waals surface area (Å²) < 4.78 is 27.4. The molecular formula is C15H25N3O2S. The van der Waals surface area contributed by atoms with Gasteiger partial charge in [0.2, 0.25) is 10.0 Å². The fourth-order valence-electron chi connectivity index (χ4n) is 2.90. The van der Waals surface area contributed by atoms with Crippen LogP contribution in [0.1, 0.15) is 24.5 Å². The smallest absolute Gasteiger partial charge is 0.243 e. The zero-order valence-corrected chi connectivity index (χ0v) is 13.9. The number of benzene rings is 1. The van der Waals surface area contributed by atoms with E-state index in [0.29, 0.717) is 18.0 Å². The van der Waals surface area contributed by atoms with Gasteiger partial charge in [-0.15, -0.1) is 0 Å². The van der Waals surface area contributed by atoms with E-state index in [1.807, 2.05) is 27.0 Å². The van der Waals surface area contributed by atoms with Gasteiger partial charge in [-0.25, -0.2) is 8.42 Å². The summed E-state index contributed by atoms with van der Waals surface area (Å²) in [5.74, 6) is 0. The molecule has 1 fully saturated rings. The molecule has 1 aromatic carbocycles. The minimum absolute atomic E-state index is 0.0167. The molecule has 1 aromatic rings. The Labute approximate surface area is 127 Å². The second-order valence-electron chi connectivity index (χ2n) is 5.87. The Morgan fingerprint density at radius 1 is 1.33 bits per heavy atom. The Morgan fingerprint density at radius 2 is 2.05 bits per heavy atom. The summed E-state index contributed by atoms with van der Waals surface area (Å²) in [5, 5.41) is 0. The van der Waals surface area contributed by atoms with Crippen molar-refractivity contribution in [2.45, 2.75) is 37.8 Å². The largest absolute Gasteiger partial charge is 0.326 e. The molecule has 1 heterocycles. The number of hydrogen-bond donors (Lipinski definition) is 1. The Bertz CT molecular complexity index is 601. The summed E-state index contributed by atoms with van der Waals surface area (Å²) in [6.45, 7) is 6.57. The lowest BCUT2D eigenvalue weighted by Gasteiger charge is -2.27. The van der Waals surface area contributed by atoms with Crippen LogP contribution in [0.3, 0.4) is 0 Å².